The zero-order valence-electron chi connectivity index (χ0n) is 14.3. The molecule has 0 fully saturated rings. The molecule has 2 N–H and O–H groups in total. The first-order valence-electron chi connectivity index (χ1n) is 8.23. The van der Waals surface area contributed by atoms with Gasteiger partial charge in [-0.15, -0.1) is 0 Å². The summed E-state index contributed by atoms with van der Waals surface area (Å²) in [6, 6.07) is 8.69. The highest BCUT2D eigenvalue weighted by Crippen LogP contribution is 2.15. The van der Waals surface area contributed by atoms with E-state index in [1.807, 2.05) is 17.1 Å². The topological polar surface area (TPSA) is 54.2 Å². The molecule has 0 spiro atoms. The van der Waals surface area contributed by atoms with Gasteiger partial charge in [-0.3, -0.25) is 4.99 Å². The SMILES string of the molecule is CCNC(=NCC(C)c1ccc(C)cc1)NCCn1ccnc1. The molecule has 1 unspecified atom stereocenters. The first kappa shape index (κ1) is 17.1. The van der Waals surface area contributed by atoms with Crippen molar-refractivity contribution >= 4 is 5.96 Å². The van der Waals surface area contributed by atoms with Crippen LogP contribution in [0.3, 0.4) is 0 Å². The van der Waals surface area contributed by atoms with Gasteiger partial charge in [0.05, 0.1) is 6.33 Å². The van der Waals surface area contributed by atoms with Crippen LogP contribution >= 0.6 is 0 Å². The molecule has 0 radical (unpaired) electrons. The summed E-state index contributed by atoms with van der Waals surface area (Å²) in [5.74, 6) is 1.27. The lowest BCUT2D eigenvalue weighted by molar-refractivity contribution is 0.659. The molecule has 2 rings (SSSR count). The van der Waals surface area contributed by atoms with E-state index in [0.717, 1.165) is 32.1 Å². The Morgan fingerprint density at radius 1 is 1.26 bits per heavy atom. The molecule has 0 aliphatic carbocycles. The molecule has 0 aliphatic heterocycles. The van der Waals surface area contributed by atoms with Crippen molar-refractivity contribution in [3.05, 3.63) is 54.1 Å². The van der Waals surface area contributed by atoms with Crippen LogP contribution < -0.4 is 10.6 Å². The summed E-state index contributed by atoms with van der Waals surface area (Å²) in [4.78, 5) is 8.75. The molecule has 0 saturated carbocycles. The predicted molar refractivity (Wildman–Crippen MR) is 95.8 cm³/mol. The van der Waals surface area contributed by atoms with E-state index in [1.54, 1.807) is 6.20 Å². The van der Waals surface area contributed by atoms with Crippen molar-refractivity contribution in [2.75, 3.05) is 19.6 Å². The highest BCUT2D eigenvalue weighted by molar-refractivity contribution is 5.79. The predicted octanol–water partition coefficient (Wildman–Crippen LogP) is 2.55. The second kappa shape index (κ2) is 8.98. The maximum absolute atomic E-state index is 4.70. The maximum Gasteiger partial charge on any atom is 0.191 e. The van der Waals surface area contributed by atoms with Crippen LogP contribution in [0.25, 0.3) is 0 Å². The molecule has 23 heavy (non-hydrogen) atoms. The molecular formula is C18H27N5. The smallest absolute Gasteiger partial charge is 0.191 e. The van der Waals surface area contributed by atoms with Gasteiger partial charge in [0.2, 0.25) is 0 Å². The van der Waals surface area contributed by atoms with Crippen molar-refractivity contribution < 1.29 is 0 Å². The molecule has 0 saturated heterocycles. The van der Waals surface area contributed by atoms with Gasteiger partial charge in [0.25, 0.3) is 0 Å². The van der Waals surface area contributed by atoms with E-state index < -0.39 is 0 Å². The van der Waals surface area contributed by atoms with Crippen LogP contribution in [0.2, 0.25) is 0 Å². The number of aliphatic imine (C=N–C) groups is 1. The summed E-state index contributed by atoms with van der Waals surface area (Å²) in [7, 11) is 0. The summed E-state index contributed by atoms with van der Waals surface area (Å²) in [6.07, 6.45) is 5.58. The number of nitrogens with zero attached hydrogens (tertiary/aromatic N) is 3. The largest absolute Gasteiger partial charge is 0.357 e. The van der Waals surface area contributed by atoms with E-state index in [0.29, 0.717) is 5.92 Å². The number of hydrogen-bond donors (Lipinski definition) is 2. The third-order valence-corrected chi connectivity index (χ3v) is 3.74. The first-order chi connectivity index (χ1) is 11.2. The van der Waals surface area contributed by atoms with Gasteiger partial charge in [0.1, 0.15) is 0 Å². The van der Waals surface area contributed by atoms with Gasteiger partial charge >= 0.3 is 0 Å². The second-order valence-electron chi connectivity index (χ2n) is 5.76. The van der Waals surface area contributed by atoms with Crippen molar-refractivity contribution in [2.45, 2.75) is 33.2 Å². The molecule has 2 aromatic rings. The zero-order chi connectivity index (χ0) is 16.5. The van der Waals surface area contributed by atoms with Gasteiger partial charge in [0.15, 0.2) is 5.96 Å². The van der Waals surface area contributed by atoms with Gasteiger partial charge in [-0.05, 0) is 19.4 Å². The number of benzene rings is 1. The normalized spacial score (nSPS) is 12.9. The molecule has 1 atom stereocenters. The Morgan fingerprint density at radius 3 is 2.70 bits per heavy atom. The highest BCUT2D eigenvalue weighted by atomic mass is 15.2. The lowest BCUT2D eigenvalue weighted by Gasteiger charge is -2.14. The Bertz CT molecular complexity index is 586. The molecule has 0 bridgehead atoms. The Labute approximate surface area is 138 Å². The average Bonchev–Trinajstić information content (AvgIpc) is 3.06. The molecule has 5 heteroatoms. The summed E-state index contributed by atoms with van der Waals surface area (Å²) in [5.41, 5.74) is 2.62. The fourth-order valence-corrected chi connectivity index (χ4v) is 2.29. The quantitative estimate of drug-likeness (QED) is 0.610. The average molecular weight is 313 g/mol. The first-order valence-corrected chi connectivity index (χ1v) is 8.23. The van der Waals surface area contributed by atoms with Crippen molar-refractivity contribution in [3.63, 3.8) is 0 Å². The fourth-order valence-electron chi connectivity index (χ4n) is 2.29. The summed E-state index contributed by atoms with van der Waals surface area (Å²) in [5, 5.41) is 6.66. The van der Waals surface area contributed by atoms with Crippen LogP contribution in [0.5, 0.6) is 0 Å². The Balaban J connectivity index is 1.85. The number of guanidine groups is 1. The van der Waals surface area contributed by atoms with Gasteiger partial charge in [-0.1, -0.05) is 36.8 Å². The van der Waals surface area contributed by atoms with Gasteiger partial charge in [-0.2, -0.15) is 0 Å². The van der Waals surface area contributed by atoms with E-state index in [1.165, 1.54) is 11.1 Å². The third kappa shape index (κ3) is 5.77. The lowest BCUT2D eigenvalue weighted by atomic mass is 10.0. The number of aromatic nitrogens is 2. The van der Waals surface area contributed by atoms with Crippen molar-refractivity contribution in [1.29, 1.82) is 0 Å². The van der Waals surface area contributed by atoms with E-state index in [-0.39, 0.29) is 0 Å². The Hall–Kier alpha value is -2.30. The van der Waals surface area contributed by atoms with Gasteiger partial charge in [-0.25, -0.2) is 4.98 Å². The minimum absolute atomic E-state index is 0.403. The summed E-state index contributed by atoms with van der Waals surface area (Å²) < 4.78 is 2.05. The van der Waals surface area contributed by atoms with E-state index in [9.17, 15) is 0 Å². The number of imidazole rings is 1. The van der Waals surface area contributed by atoms with Crippen molar-refractivity contribution in [3.8, 4) is 0 Å². The minimum atomic E-state index is 0.403. The molecule has 1 aromatic heterocycles. The number of hydrogen-bond acceptors (Lipinski definition) is 2. The zero-order valence-corrected chi connectivity index (χ0v) is 14.3. The molecule has 1 heterocycles. The lowest BCUT2D eigenvalue weighted by Crippen LogP contribution is -2.39. The second-order valence-corrected chi connectivity index (χ2v) is 5.76. The molecule has 0 amide bonds. The monoisotopic (exact) mass is 313 g/mol. The number of rotatable bonds is 7. The Morgan fingerprint density at radius 2 is 2.04 bits per heavy atom. The van der Waals surface area contributed by atoms with Crippen LogP contribution in [-0.4, -0.2) is 35.1 Å². The standard InChI is InChI=1S/C18H27N5/c1-4-20-18(21-10-12-23-11-9-19-14-23)22-13-16(3)17-7-5-15(2)6-8-17/h5-9,11,14,16H,4,10,12-13H2,1-3H3,(H2,20,21,22). The van der Waals surface area contributed by atoms with Gasteiger partial charge < -0.3 is 15.2 Å². The number of nitrogens with one attached hydrogen (secondary N) is 2. The van der Waals surface area contributed by atoms with E-state index in [4.69, 9.17) is 4.99 Å². The maximum atomic E-state index is 4.70. The van der Waals surface area contributed by atoms with Crippen LogP contribution in [0.1, 0.15) is 30.9 Å². The molecule has 5 nitrogen and oxygen atoms in total. The summed E-state index contributed by atoms with van der Waals surface area (Å²) in [6.45, 7) is 9.72. The molecule has 0 aliphatic rings. The van der Waals surface area contributed by atoms with E-state index >= 15 is 0 Å². The van der Waals surface area contributed by atoms with Gasteiger partial charge in [0, 0.05) is 44.5 Å². The third-order valence-electron chi connectivity index (χ3n) is 3.74. The molecule has 1 aromatic carbocycles. The van der Waals surface area contributed by atoms with E-state index in [2.05, 4.69) is 60.7 Å². The Kier molecular flexibility index (Phi) is 6.66. The van der Waals surface area contributed by atoms with Crippen molar-refractivity contribution in [2.24, 2.45) is 4.99 Å². The summed E-state index contributed by atoms with van der Waals surface area (Å²) >= 11 is 0. The minimum Gasteiger partial charge on any atom is -0.357 e. The number of aryl methyl sites for hydroxylation is 1. The molecular weight excluding hydrogens is 286 g/mol. The van der Waals surface area contributed by atoms with Crippen LogP contribution in [0.4, 0.5) is 0 Å². The highest BCUT2D eigenvalue weighted by Gasteiger charge is 2.05. The van der Waals surface area contributed by atoms with Crippen molar-refractivity contribution in [1.82, 2.24) is 20.2 Å². The van der Waals surface area contributed by atoms with Crippen LogP contribution in [0.15, 0.2) is 48.0 Å². The van der Waals surface area contributed by atoms with Crippen LogP contribution in [-0.2, 0) is 6.54 Å². The van der Waals surface area contributed by atoms with Crippen LogP contribution in [0, 0.1) is 6.92 Å². The fraction of sp³-hybridized carbons (Fsp3) is 0.444. The molecule has 124 valence electrons.